The molecule has 0 aliphatic rings. The predicted octanol–water partition coefficient (Wildman–Crippen LogP) is 4.83. The fourth-order valence-electron chi connectivity index (χ4n) is 2.40. The molecule has 0 aliphatic carbocycles. The maximum absolute atomic E-state index is 12.5. The van der Waals surface area contributed by atoms with Crippen LogP contribution in [0.2, 0.25) is 0 Å². The minimum Gasteiger partial charge on any atom is -0.497 e. The molecule has 1 heterocycles. The zero-order chi connectivity index (χ0) is 20.6. The molecule has 29 heavy (non-hydrogen) atoms. The molecule has 0 saturated carbocycles. The average molecular weight is 449 g/mol. The number of thioether (sulfide) groups is 2. The lowest BCUT2D eigenvalue weighted by molar-refractivity contribution is 0.102. The van der Waals surface area contributed by atoms with Crippen LogP contribution in [-0.4, -0.2) is 43.1 Å². The largest absolute Gasteiger partial charge is 0.497 e. The van der Waals surface area contributed by atoms with Gasteiger partial charge < -0.3 is 14.2 Å². The number of Topliss-reactive ketones (excluding diaryl/α,β-unsaturated/α-hetero) is 1. The van der Waals surface area contributed by atoms with E-state index in [0.717, 1.165) is 20.2 Å². The van der Waals surface area contributed by atoms with Crippen molar-refractivity contribution in [2.24, 2.45) is 0 Å². The van der Waals surface area contributed by atoms with Gasteiger partial charge in [0, 0.05) is 11.3 Å². The summed E-state index contributed by atoms with van der Waals surface area (Å²) in [5.41, 5.74) is 1.76. The lowest BCUT2D eigenvalue weighted by Crippen LogP contribution is -2.03. The van der Waals surface area contributed by atoms with Gasteiger partial charge in [-0.15, -0.1) is 10.2 Å². The van der Waals surface area contributed by atoms with Crippen LogP contribution >= 0.6 is 34.9 Å². The summed E-state index contributed by atoms with van der Waals surface area (Å²) in [4.78, 5) is 12.5. The van der Waals surface area contributed by atoms with Crippen molar-refractivity contribution in [3.63, 3.8) is 0 Å². The number of ketones is 1. The summed E-state index contributed by atoms with van der Waals surface area (Å²) in [6.45, 7) is 0. The lowest BCUT2D eigenvalue weighted by Gasteiger charge is -2.08. The van der Waals surface area contributed by atoms with Crippen LogP contribution in [0.1, 0.15) is 15.9 Å². The Bertz CT molecular complexity index is 961. The van der Waals surface area contributed by atoms with Crippen LogP contribution in [0.3, 0.4) is 0 Å². The Balaban J connectivity index is 1.52. The van der Waals surface area contributed by atoms with Gasteiger partial charge in [0.1, 0.15) is 5.75 Å². The number of nitrogens with zero attached hydrogens (tertiary/aromatic N) is 2. The quantitative estimate of drug-likeness (QED) is 0.323. The molecular weight excluding hydrogens is 428 g/mol. The van der Waals surface area contributed by atoms with Crippen LogP contribution in [-0.2, 0) is 5.75 Å². The van der Waals surface area contributed by atoms with E-state index in [2.05, 4.69) is 10.2 Å². The Morgan fingerprint density at radius 3 is 2.24 bits per heavy atom. The molecule has 6 nitrogen and oxygen atoms in total. The van der Waals surface area contributed by atoms with Crippen molar-refractivity contribution in [2.75, 3.05) is 27.1 Å². The Labute approximate surface area is 182 Å². The monoisotopic (exact) mass is 448 g/mol. The second-order valence-electron chi connectivity index (χ2n) is 5.75. The van der Waals surface area contributed by atoms with E-state index in [1.807, 2.05) is 24.3 Å². The second-order valence-corrected chi connectivity index (χ2v) is 9.17. The van der Waals surface area contributed by atoms with Crippen LogP contribution in [0, 0.1) is 0 Å². The first-order valence-corrected chi connectivity index (χ1v) is 11.4. The van der Waals surface area contributed by atoms with Gasteiger partial charge in [-0.2, -0.15) is 0 Å². The molecule has 0 saturated heterocycles. The van der Waals surface area contributed by atoms with Crippen molar-refractivity contribution in [1.82, 2.24) is 10.2 Å². The zero-order valence-electron chi connectivity index (χ0n) is 16.2. The molecule has 0 aliphatic heterocycles. The molecule has 0 spiro atoms. The predicted molar refractivity (Wildman–Crippen MR) is 117 cm³/mol. The summed E-state index contributed by atoms with van der Waals surface area (Å²) < 4.78 is 17.3. The summed E-state index contributed by atoms with van der Waals surface area (Å²) in [6, 6.07) is 13.1. The molecule has 2 aromatic carbocycles. The van der Waals surface area contributed by atoms with Gasteiger partial charge in [0.25, 0.3) is 0 Å². The number of rotatable bonds is 10. The summed E-state index contributed by atoms with van der Waals surface area (Å²) in [5.74, 6) is 3.06. The van der Waals surface area contributed by atoms with Crippen molar-refractivity contribution >= 4 is 40.6 Å². The summed E-state index contributed by atoms with van der Waals surface area (Å²) in [7, 11) is 4.77. The van der Waals surface area contributed by atoms with Gasteiger partial charge in [-0.25, -0.2) is 0 Å². The first kappa shape index (κ1) is 21.5. The highest BCUT2D eigenvalue weighted by molar-refractivity contribution is 8.03. The van der Waals surface area contributed by atoms with Crippen LogP contribution < -0.4 is 14.2 Å². The molecule has 1 aromatic heterocycles. The van der Waals surface area contributed by atoms with E-state index >= 15 is 0 Å². The molecule has 3 aromatic rings. The molecule has 0 atom stereocenters. The highest BCUT2D eigenvalue weighted by atomic mass is 32.2. The van der Waals surface area contributed by atoms with Gasteiger partial charge in [0.05, 0.1) is 27.1 Å². The molecule has 0 radical (unpaired) electrons. The number of hydrogen-bond donors (Lipinski definition) is 0. The normalized spacial score (nSPS) is 10.6. The van der Waals surface area contributed by atoms with Crippen LogP contribution in [0.5, 0.6) is 17.2 Å². The van der Waals surface area contributed by atoms with Gasteiger partial charge in [-0.05, 0) is 35.9 Å². The fourth-order valence-corrected chi connectivity index (χ4v) is 5.27. The number of aromatic nitrogens is 2. The number of methoxy groups -OCH3 is 3. The van der Waals surface area contributed by atoms with Crippen molar-refractivity contribution < 1.29 is 19.0 Å². The van der Waals surface area contributed by atoms with Crippen LogP contribution in [0.15, 0.2) is 51.1 Å². The lowest BCUT2D eigenvalue weighted by atomic mass is 10.1. The van der Waals surface area contributed by atoms with E-state index < -0.39 is 0 Å². The van der Waals surface area contributed by atoms with E-state index in [9.17, 15) is 4.79 Å². The number of carbonyl (C=O) groups is 1. The fraction of sp³-hybridized carbons (Fsp3) is 0.250. The molecule has 0 unspecified atom stereocenters. The highest BCUT2D eigenvalue weighted by Gasteiger charge is 2.13. The Hall–Kier alpha value is -2.23. The van der Waals surface area contributed by atoms with Crippen molar-refractivity contribution in [1.29, 1.82) is 0 Å². The molecule has 3 rings (SSSR count). The first-order chi connectivity index (χ1) is 14.1. The topological polar surface area (TPSA) is 70.5 Å². The molecule has 0 fully saturated rings. The maximum atomic E-state index is 12.5. The summed E-state index contributed by atoms with van der Waals surface area (Å²) >= 11 is 4.50. The van der Waals surface area contributed by atoms with Crippen LogP contribution in [0.25, 0.3) is 0 Å². The number of benzene rings is 2. The Morgan fingerprint density at radius 2 is 1.59 bits per heavy atom. The third-order valence-corrected chi connectivity index (χ3v) is 7.20. The molecule has 0 amide bonds. The van der Waals surface area contributed by atoms with Gasteiger partial charge in [-0.1, -0.05) is 47.0 Å². The smallest absolute Gasteiger partial charge is 0.175 e. The van der Waals surface area contributed by atoms with Gasteiger partial charge in [0.2, 0.25) is 0 Å². The maximum Gasteiger partial charge on any atom is 0.175 e. The van der Waals surface area contributed by atoms with Crippen molar-refractivity contribution in [3.05, 3.63) is 53.6 Å². The molecule has 9 heteroatoms. The third-order valence-electron chi connectivity index (χ3n) is 3.94. The molecule has 0 bridgehead atoms. The van der Waals surface area contributed by atoms with Crippen molar-refractivity contribution in [3.8, 4) is 17.2 Å². The van der Waals surface area contributed by atoms with E-state index in [0.29, 0.717) is 17.1 Å². The van der Waals surface area contributed by atoms with Gasteiger partial charge in [-0.3, -0.25) is 4.79 Å². The summed E-state index contributed by atoms with van der Waals surface area (Å²) in [5, 5.41) is 8.38. The number of hydrogen-bond acceptors (Lipinski definition) is 9. The van der Waals surface area contributed by atoms with Gasteiger partial charge >= 0.3 is 0 Å². The Morgan fingerprint density at radius 1 is 0.897 bits per heavy atom. The minimum absolute atomic E-state index is 0.00131. The molecule has 0 N–H and O–H groups in total. The van der Waals surface area contributed by atoms with E-state index in [-0.39, 0.29) is 11.5 Å². The second kappa shape index (κ2) is 10.5. The zero-order valence-corrected chi connectivity index (χ0v) is 18.7. The SMILES string of the molecule is COc1ccc(CSc2nnc(SCC(=O)c3ccc(OC)c(OC)c3)s2)cc1. The average Bonchev–Trinajstić information content (AvgIpc) is 3.23. The van der Waals surface area contributed by atoms with Crippen LogP contribution in [0.4, 0.5) is 0 Å². The Kier molecular flexibility index (Phi) is 7.79. The minimum atomic E-state index is -0.00131. The van der Waals surface area contributed by atoms with E-state index in [1.165, 1.54) is 28.7 Å². The van der Waals surface area contributed by atoms with E-state index in [4.69, 9.17) is 14.2 Å². The summed E-state index contributed by atoms with van der Waals surface area (Å²) in [6.07, 6.45) is 0. The number of carbonyl (C=O) groups excluding carboxylic acids is 1. The highest BCUT2D eigenvalue weighted by Crippen LogP contribution is 2.32. The first-order valence-electron chi connectivity index (χ1n) is 8.60. The third kappa shape index (κ3) is 5.88. The molecule has 152 valence electrons. The molecular formula is C20H20N2O4S3. The standard InChI is InChI=1S/C20H20N2O4S3/c1-24-15-7-4-13(5-8-15)11-27-19-21-22-20(29-19)28-12-16(23)14-6-9-17(25-2)18(10-14)26-3/h4-10H,11-12H2,1-3H3. The van der Waals surface area contributed by atoms with Gasteiger partial charge in [0.15, 0.2) is 26.0 Å². The van der Waals surface area contributed by atoms with E-state index in [1.54, 1.807) is 51.3 Å². The van der Waals surface area contributed by atoms with Crippen molar-refractivity contribution in [2.45, 2.75) is 14.4 Å². The number of ether oxygens (including phenoxy) is 3.